The lowest BCUT2D eigenvalue weighted by Crippen LogP contribution is -2.24. The van der Waals surface area contributed by atoms with E-state index in [4.69, 9.17) is 5.73 Å². The monoisotopic (exact) mass is 448 g/mol. The molecule has 0 fully saturated rings. The Morgan fingerprint density at radius 3 is 2.69 bits per heavy atom. The number of carbonyl (C=O) groups is 1. The summed E-state index contributed by atoms with van der Waals surface area (Å²) in [6, 6.07) is 15.1. The summed E-state index contributed by atoms with van der Waals surface area (Å²) in [5, 5.41) is 7.23. The molecule has 144 valence electrons. The molecule has 29 heavy (non-hydrogen) atoms. The van der Waals surface area contributed by atoms with Gasteiger partial charge in [-0.05, 0) is 29.8 Å². The number of nitrogens with two attached hydrogens (primary N) is 1. The molecule has 2 heterocycles. The number of nitrogens with one attached hydrogen (secondary N) is 1. The predicted octanol–water partition coefficient (Wildman–Crippen LogP) is 3.73. The molecule has 3 N–H and O–H groups in total. The highest BCUT2D eigenvalue weighted by Crippen LogP contribution is 2.27. The summed E-state index contributed by atoms with van der Waals surface area (Å²) in [5.41, 5.74) is 9.60. The van der Waals surface area contributed by atoms with Gasteiger partial charge < -0.3 is 11.1 Å². The van der Waals surface area contributed by atoms with Crippen LogP contribution in [0.15, 0.2) is 70.8 Å². The van der Waals surface area contributed by atoms with E-state index in [0.717, 1.165) is 10.0 Å². The predicted molar refractivity (Wildman–Crippen MR) is 119 cm³/mol. The minimum absolute atomic E-state index is 0.170. The molecule has 4 aromatic rings. The average Bonchev–Trinajstić information content (AvgIpc) is 2.99. The summed E-state index contributed by atoms with van der Waals surface area (Å²) in [6.07, 6.45) is 3.25. The lowest BCUT2D eigenvalue weighted by molar-refractivity contribution is 0.0960. The summed E-state index contributed by atoms with van der Waals surface area (Å²) >= 11 is 3.44. The van der Waals surface area contributed by atoms with Crippen LogP contribution in [0, 0.1) is 0 Å². The number of carbonyl (C=O) groups excluding carboxylic acids is 1. The standard InChI is InChI=1S/C21H17BrN6O/c1-2-10-24-21(29)17-18-20(27-16-9-4-3-8-15(16)26-18)28(19(17)23)25-12-13-6-5-7-14(22)11-13/h2-9,11-12H,1,10,23H2,(H,24,29)/b25-12-. The van der Waals surface area contributed by atoms with Crippen molar-refractivity contribution in [2.75, 3.05) is 12.3 Å². The number of aromatic nitrogens is 3. The maximum Gasteiger partial charge on any atom is 0.257 e. The van der Waals surface area contributed by atoms with Crippen molar-refractivity contribution in [3.8, 4) is 0 Å². The van der Waals surface area contributed by atoms with Crippen LogP contribution in [0.4, 0.5) is 5.82 Å². The van der Waals surface area contributed by atoms with Gasteiger partial charge in [0.05, 0.1) is 17.2 Å². The van der Waals surface area contributed by atoms with Gasteiger partial charge >= 0.3 is 0 Å². The zero-order valence-corrected chi connectivity index (χ0v) is 16.9. The molecule has 8 heteroatoms. The van der Waals surface area contributed by atoms with E-state index in [1.165, 1.54) is 4.68 Å². The van der Waals surface area contributed by atoms with Crippen molar-refractivity contribution in [3.63, 3.8) is 0 Å². The lowest BCUT2D eigenvalue weighted by Gasteiger charge is -2.02. The summed E-state index contributed by atoms with van der Waals surface area (Å²) in [6.45, 7) is 3.93. The van der Waals surface area contributed by atoms with Crippen LogP contribution < -0.4 is 11.1 Å². The summed E-state index contributed by atoms with van der Waals surface area (Å²) in [4.78, 5) is 22.0. The van der Waals surface area contributed by atoms with E-state index in [9.17, 15) is 4.79 Å². The molecule has 0 saturated carbocycles. The highest BCUT2D eigenvalue weighted by molar-refractivity contribution is 9.10. The van der Waals surface area contributed by atoms with E-state index in [2.05, 4.69) is 42.9 Å². The van der Waals surface area contributed by atoms with Gasteiger partial charge in [-0.15, -0.1) is 6.58 Å². The topological polar surface area (TPSA) is 98.2 Å². The number of hydrogen-bond acceptors (Lipinski definition) is 5. The van der Waals surface area contributed by atoms with Crippen LogP contribution in [0.2, 0.25) is 0 Å². The van der Waals surface area contributed by atoms with Gasteiger partial charge in [0.25, 0.3) is 5.91 Å². The van der Waals surface area contributed by atoms with Crippen LogP contribution in [0.3, 0.4) is 0 Å². The molecular formula is C21H17BrN6O. The molecule has 0 aliphatic heterocycles. The molecule has 2 aromatic carbocycles. The van der Waals surface area contributed by atoms with Crippen molar-refractivity contribution < 1.29 is 4.79 Å². The fourth-order valence-electron chi connectivity index (χ4n) is 2.95. The first kappa shape index (κ1) is 18.8. The molecule has 0 bridgehead atoms. The zero-order chi connectivity index (χ0) is 20.4. The first-order valence-electron chi connectivity index (χ1n) is 8.84. The molecule has 0 aliphatic rings. The van der Waals surface area contributed by atoms with E-state index in [1.54, 1.807) is 12.3 Å². The van der Waals surface area contributed by atoms with E-state index in [-0.39, 0.29) is 17.3 Å². The summed E-state index contributed by atoms with van der Waals surface area (Å²) in [7, 11) is 0. The molecule has 7 nitrogen and oxygen atoms in total. The fourth-order valence-corrected chi connectivity index (χ4v) is 3.37. The number of benzene rings is 2. The molecular weight excluding hydrogens is 432 g/mol. The second kappa shape index (κ2) is 7.84. The molecule has 1 amide bonds. The van der Waals surface area contributed by atoms with E-state index < -0.39 is 0 Å². The Hall–Kier alpha value is -3.52. The van der Waals surface area contributed by atoms with Crippen LogP contribution in [0.5, 0.6) is 0 Å². The first-order valence-corrected chi connectivity index (χ1v) is 9.63. The fraction of sp³-hybridized carbons (Fsp3) is 0.0476. The third-order valence-electron chi connectivity index (χ3n) is 4.28. The molecule has 0 unspecified atom stereocenters. The minimum atomic E-state index is -0.353. The summed E-state index contributed by atoms with van der Waals surface area (Å²) in [5.74, 6) is -0.184. The van der Waals surface area contributed by atoms with Crippen molar-refractivity contribution in [1.29, 1.82) is 0 Å². The molecule has 4 rings (SSSR count). The van der Waals surface area contributed by atoms with Crippen molar-refractivity contribution >= 4 is 56.1 Å². The highest BCUT2D eigenvalue weighted by atomic mass is 79.9. The van der Waals surface area contributed by atoms with Gasteiger partial charge in [-0.25, -0.2) is 9.97 Å². The molecule has 2 aromatic heterocycles. The van der Waals surface area contributed by atoms with Gasteiger partial charge in [0.15, 0.2) is 5.65 Å². The number of fused-ring (bicyclic) bond motifs is 2. The highest BCUT2D eigenvalue weighted by Gasteiger charge is 2.23. The number of nitrogens with zero attached hydrogens (tertiary/aromatic N) is 4. The largest absolute Gasteiger partial charge is 0.383 e. The number of hydrogen-bond donors (Lipinski definition) is 2. The Morgan fingerprint density at radius 2 is 1.97 bits per heavy atom. The second-order valence-corrected chi connectivity index (χ2v) is 7.17. The van der Waals surface area contributed by atoms with E-state index in [0.29, 0.717) is 28.7 Å². The minimum Gasteiger partial charge on any atom is -0.383 e. The van der Waals surface area contributed by atoms with Crippen molar-refractivity contribution in [2.45, 2.75) is 0 Å². The van der Waals surface area contributed by atoms with Gasteiger partial charge in [-0.1, -0.05) is 46.3 Å². The van der Waals surface area contributed by atoms with Crippen molar-refractivity contribution in [1.82, 2.24) is 20.0 Å². The van der Waals surface area contributed by atoms with Gasteiger partial charge in [-0.2, -0.15) is 9.78 Å². The van der Waals surface area contributed by atoms with Gasteiger partial charge in [0.1, 0.15) is 16.9 Å². The summed E-state index contributed by atoms with van der Waals surface area (Å²) < 4.78 is 2.38. The smallest absolute Gasteiger partial charge is 0.257 e. The zero-order valence-electron chi connectivity index (χ0n) is 15.3. The Morgan fingerprint density at radius 1 is 1.21 bits per heavy atom. The van der Waals surface area contributed by atoms with Crippen LogP contribution in [0.1, 0.15) is 15.9 Å². The van der Waals surface area contributed by atoms with Crippen molar-refractivity contribution in [2.24, 2.45) is 5.10 Å². The first-order chi connectivity index (χ1) is 14.1. The molecule has 0 aliphatic carbocycles. The Balaban J connectivity index is 1.92. The maximum absolute atomic E-state index is 12.7. The van der Waals surface area contributed by atoms with Crippen LogP contribution in [0.25, 0.3) is 22.2 Å². The van der Waals surface area contributed by atoms with Gasteiger partial charge in [0, 0.05) is 11.0 Å². The Kier molecular flexibility index (Phi) is 5.09. The van der Waals surface area contributed by atoms with Crippen LogP contribution in [-0.2, 0) is 0 Å². The maximum atomic E-state index is 12.7. The quantitative estimate of drug-likeness (QED) is 0.358. The number of halogens is 1. The number of anilines is 1. The normalized spacial score (nSPS) is 11.3. The van der Waals surface area contributed by atoms with E-state index in [1.807, 2.05) is 48.5 Å². The van der Waals surface area contributed by atoms with Crippen LogP contribution >= 0.6 is 15.9 Å². The van der Waals surface area contributed by atoms with Gasteiger partial charge in [-0.3, -0.25) is 4.79 Å². The number of amides is 1. The molecule has 0 radical (unpaired) electrons. The Bertz CT molecular complexity index is 1280. The number of rotatable bonds is 5. The third kappa shape index (κ3) is 3.62. The second-order valence-electron chi connectivity index (χ2n) is 6.25. The average molecular weight is 449 g/mol. The lowest BCUT2D eigenvalue weighted by atomic mass is 10.2. The molecule has 0 spiro atoms. The number of nitrogen functional groups attached to an aromatic ring is 1. The molecule has 0 saturated heterocycles. The van der Waals surface area contributed by atoms with Gasteiger partial charge in [0.2, 0.25) is 0 Å². The Labute approximate surface area is 175 Å². The SMILES string of the molecule is C=CCNC(=O)c1c(N)n(/N=C\c2cccc(Br)c2)c2nc3ccccc3nc12. The van der Waals surface area contributed by atoms with Crippen molar-refractivity contribution in [3.05, 3.63) is 76.8 Å². The van der Waals surface area contributed by atoms with Crippen LogP contribution in [-0.4, -0.2) is 33.3 Å². The molecule has 0 atom stereocenters. The van der Waals surface area contributed by atoms with E-state index >= 15 is 0 Å². The number of para-hydroxylation sites is 2. The third-order valence-corrected chi connectivity index (χ3v) is 4.77.